The standard InChI is InChI=1S/C25H21FO5/c1-15-21(30-14-16-4-7-18(26)8-5-16)11-10-20-24(27)23(31-25(15)20)12-17-6-9-19(28-2)13-22(17)29-3/h4-13H,14H2,1-3H3/b23-12-. The number of halogens is 1. The number of ether oxygens (including phenoxy) is 4. The molecule has 1 aliphatic heterocycles. The van der Waals surface area contributed by atoms with E-state index in [2.05, 4.69) is 0 Å². The Morgan fingerprint density at radius 2 is 1.74 bits per heavy atom. The van der Waals surface area contributed by atoms with E-state index in [1.807, 2.05) is 6.92 Å². The van der Waals surface area contributed by atoms with Crippen LogP contribution in [-0.4, -0.2) is 20.0 Å². The van der Waals surface area contributed by atoms with Gasteiger partial charge in [-0.2, -0.15) is 0 Å². The SMILES string of the molecule is COc1ccc(/C=C2\Oc3c(ccc(OCc4ccc(F)cc4)c3C)C2=O)c(OC)c1. The molecule has 1 heterocycles. The number of Topliss-reactive ketones (excluding diaryl/α,β-unsaturated/α-hetero) is 1. The van der Waals surface area contributed by atoms with Crippen molar-refractivity contribution in [1.82, 2.24) is 0 Å². The number of fused-ring (bicyclic) bond motifs is 1. The molecule has 0 aromatic heterocycles. The summed E-state index contributed by atoms with van der Waals surface area (Å²) in [6, 6.07) is 14.9. The summed E-state index contributed by atoms with van der Waals surface area (Å²) in [7, 11) is 3.13. The van der Waals surface area contributed by atoms with Gasteiger partial charge < -0.3 is 18.9 Å². The van der Waals surface area contributed by atoms with E-state index in [1.165, 1.54) is 12.1 Å². The minimum absolute atomic E-state index is 0.206. The van der Waals surface area contributed by atoms with Gasteiger partial charge in [-0.15, -0.1) is 0 Å². The second-order valence-corrected chi connectivity index (χ2v) is 7.03. The van der Waals surface area contributed by atoms with Crippen LogP contribution in [0, 0.1) is 12.7 Å². The Morgan fingerprint density at radius 1 is 0.968 bits per heavy atom. The molecule has 0 spiro atoms. The Hall–Kier alpha value is -3.80. The third-order valence-electron chi connectivity index (χ3n) is 5.07. The number of hydrogen-bond donors (Lipinski definition) is 0. The van der Waals surface area contributed by atoms with Gasteiger partial charge in [0.1, 0.15) is 35.4 Å². The van der Waals surface area contributed by atoms with Crippen LogP contribution in [0.4, 0.5) is 4.39 Å². The molecule has 0 N–H and O–H groups in total. The highest BCUT2D eigenvalue weighted by Gasteiger charge is 2.30. The van der Waals surface area contributed by atoms with E-state index >= 15 is 0 Å². The van der Waals surface area contributed by atoms with Crippen LogP contribution in [0.3, 0.4) is 0 Å². The van der Waals surface area contributed by atoms with E-state index in [1.54, 1.807) is 62.8 Å². The van der Waals surface area contributed by atoms with E-state index in [0.717, 1.165) is 11.1 Å². The molecule has 0 unspecified atom stereocenters. The van der Waals surface area contributed by atoms with Gasteiger partial charge in [0.15, 0.2) is 5.76 Å². The molecule has 0 amide bonds. The molecule has 0 saturated carbocycles. The second-order valence-electron chi connectivity index (χ2n) is 7.03. The Kier molecular flexibility index (Phi) is 5.62. The highest BCUT2D eigenvalue weighted by atomic mass is 19.1. The van der Waals surface area contributed by atoms with Gasteiger partial charge >= 0.3 is 0 Å². The molecule has 0 bridgehead atoms. The van der Waals surface area contributed by atoms with Gasteiger partial charge in [-0.25, -0.2) is 4.39 Å². The molecule has 0 radical (unpaired) electrons. The first-order valence-corrected chi connectivity index (χ1v) is 9.67. The fourth-order valence-corrected chi connectivity index (χ4v) is 3.34. The van der Waals surface area contributed by atoms with Crippen LogP contribution >= 0.6 is 0 Å². The molecule has 4 rings (SSSR count). The number of allylic oxidation sites excluding steroid dienone is 1. The van der Waals surface area contributed by atoms with E-state index in [9.17, 15) is 9.18 Å². The molecular formula is C25H21FO5. The van der Waals surface area contributed by atoms with Crippen molar-refractivity contribution in [3.63, 3.8) is 0 Å². The highest BCUT2D eigenvalue weighted by Crippen LogP contribution is 2.40. The van der Waals surface area contributed by atoms with Crippen LogP contribution in [0.25, 0.3) is 6.08 Å². The van der Waals surface area contributed by atoms with Gasteiger partial charge in [0.2, 0.25) is 5.78 Å². The zero-order valence-electron chi connectivity index (χ0n) is 17.4. The predicted molar refractivity (Wildman–Crippen MR) is 114 cm³/mol. The Labute approximate surface area is 179 Å². The molecule has 1 aliphatic rings. The lowest BCUT2D eigenvalue weighted by Gasteiger charge is -2.11. The van der Waals surface area contributed by atoms with Crippen molar-refractivity contribution in [3.05, 3.63) is 88.4 Å². The molecule has 3 aromatic rings. The lowest BCUT2D eigenvalue weighted by atomic mass is 10.1. The average Bonchev–Trinajstić information content (AvgIpc) is 3.11. The minimum atomic E-state index is -0.294. The maximum atomic E-state index is 13.1. The number of carbonyl (C=O) groups excluding carboxylic acids is 1. The molecule has 0 fully saturated rings. The lowest BCUT2D eigenvalue weighted by Crippen LogP contribution is -1.99. The lowest BCUT2D eigenvalue weighted by molar-refractivity contribution is 0.101. The fraction of sp³-hybridized carbons (Fsp3) is 0.160. The van der Waals surface area contributed by atoms with Crippen molar-refractivity contribution in [3.8, 4) is 23.0 Å². The summed E-state index contributed by atoms with van der Waals surface area (Å²) in [6.07, 6.45) is 1.65. The summed E-state index contributed by atoms with van der Waals surface area (Å²) in [4.78, 5) is 12.9. The molecule has 31 heavy (non-hydrogen) atoms. The first-order chi connectivity index (χ1) is 15.0. The third-order valence-corrected chi connectivity index (χ3v) is 5.07. The zero-order valence-corrected chi connectivity index (χ0v) is 17.4. The first-order valence-electron chi connectivity index (χ1n) is 9.67. The van der Waals surface area contributed by atoms with Gasteiger partial charge in [-0.05, 0) is 55.0 Å². The minimum Gasteiger partial charge on any atom is -0.497 e. The van der Waals surface area contributed by atoms with Gasteiger partial charge in [-0.3, -0.25) is 4.79 Å². The van der Waals surface area contributed by atoms with Gasteiger partial charge in [0, 0.05) is 17.2 Å². The first kappa shape index (κ1) is 20.5. The van der Waals surface area contributed by atoms with Gasteiger partial charge in [0.25, 0.3) is 0 Å². The van der Waals surface area contributed by atoms with Crippen molar-refractivity contribution >= 4 is 11.9 Å². The largest absolute Gasteiger partial charge is 0.497 e. The van der Waals surface area contributed by atoms with E-state index < -0.39 is 0 Å². The van der Waals surface area contributed by atoms with Crippen LogP contribution in [0.15, 0.2) is 60.4 Å². The molecule has 158 valence electrons. The van der Waals surface area contributed by atoms with Crippen LogP contribution < -0.4 is 18.9 Å². The monoisotopic (exact) mass is 420 g/mol. The molecule has 6 heteroatoms. The molecular weight excluding hydrogens is 399 g/mol. The average molecular weight is 420 g/mol. The fourth-order valence-electron chi connectivity index (χ4n) is 3.34. The Morgan fingerprint density at radius 3 is 2.45 bits per heavy atom. The van der Waals surface area contributed by atoms with Crippen LogP contribution in [-0.2, 0) is 6.61 Å². The molecule has 3 aromatic carbocycles. The smallest absolute Gasteiger partial charge is 0.231 e. The number of benzene rings is 3. The predicted octanol–water partition coefficient (Wildman–Crippen LogP) is 5.35. The Balaban J connectivity index is 1.58. The summed E-state index contributed by atoms with van der Waals surface area (Å²) >= 11 is 0. The Bertz CT molecular complexity index is 1170. The van der Waals surface area contributed by atoms with Crippen LogP contribution in [0.1, 0.15) is 27.0 Å². The van der Waals surface area contributed by atoms with Crippen molar-refractivity contribution in [2.24, 2.45) is 0 Å². The number of hydrogen-bond acceptors (Lipinski definition) is 5. The number of rotatable bonds is 6. The van der Waals surface area contributed by atoms with Crippen LogP contribution in [0.5, 0.6) is 23.0 Å². The summed E-state index contributed by atoms with van der Waals surface area (Å²) in [5, 5.41) is 0. The maximum absolute atomic E-state index is 13.1. The van der Waals surface area contributed by atoms with Crippen molar-refractivity contribution in [2.75, 3.05) is 14.2 Å². The number of ketones is 1. The van der Waals surface area contributed by atoms with Crippen molar-refractivity contribution in [1.29, 1.82) is 0 Å². The van der Waals surface area contributed by atoms with E-state index in [0.29, 0.717) is 34.1 Å². The molecule has 0 atom stereocenters. The number of methoxy groups -OCH3 is 2. The third kappa shape index (κ3) is 4.10. The van der Waals surface area contributed by atoms with E-state index in [4.69, 9.17) is 18.9 Å². The maximum Gasteiger partial charge on any atom is 0.231 e. The number of carbonyl (C=O) groups is 1. The van der Waals surface area contributed by atoms with Gasteiger partial charge in [0.05, 0.1) is 19.8 Å². The summed E-state index contributed by atoms with van der Waals surface area (Å²) < 4.78 is 35.5. The topological polar surface area (TPSA) is 54.0 Å². The summed E-state index contributed by atoms with van der Waals surface area (Å²) in [5.74, 6) is 1.99. The van der Waals surface area contributed by atoms with Crippen molar-refractivity contribution in [2.45, 2.75) is 13.5 Å². The van der Waals surface area contributed by atoms with Crippen molar-refractivity contribution < 1.29 is 28.1 Å². The summed E-state index contributed by atoms with van der Waals surface area (Å²) in [6.45, 7) is 2.11. The molecule has 0 saturated heterocycles. The highest BCUT2D eigenvalue weighted by molar-refractivity contribution is 6.15. The van der Waals surface area contributed by atoms with Crippen LogP contribution in [0.2, 0.25) is 0 Å². The second kappa shape index (κ2) is 8.52. The quantitative estimate of drug-likeness (QED) is 0.504. The normalized spacial score (nSPS) is 13.7. The molecule has 0 aliphatic carbocycles. The zero-order chi connectivity index (χ0) is 22.0. The van der Waals surface area contributed by atoms with Gasteiger partial charge in [-0.1, -0.05) is 12.1 Å². The van der Waals surface area contributed by atoms with E-state index in [-0.39, 0.29) is 24.0 Å². The molecule has 5 nitrogen and oxygen atoms in total. The summed E-state index contributed by atoms with van der Waals surface area (Å²) in [5.41, 5.74) is 2.73.